The molecule has 1 saturated heterocycles. The third-order valence-electron chi connectivity index (χ3n) is 10.7. The monoisotopic (exact) mass is 730 g/mol. The van der Waals surface area contributed by atoms with Gasteiger partial charge in [-0.1, -0.05) is 53.5 Å². The summed E-state index contributed by atoms with van der Waals surface area (Å²) < 4.78 is 56.0. The number of methoxy groups -OCH3 is 1. The van der Waals surface area contributed by atoms with Crippen LogP contribution in [-0.4, -0.2) is 76.1 Å². The molecule has 2 aliphatic rings. The number of ether oxygens (including phenoxy) is 4. The average molecular weight is 731 g/mol. The van der Waals surface area contributed by atoms with E-state index in [0.29, 0.717) is 89.1 Å². The van der Waals surface area contributed by atoms with E-state index in [1.165, 1.54) is 13.2 Å². The van der Waals surface area contributed by atoms with Crippen LogP contribution in [0.1, 0.15) is 66.4 Å². The van der Waals surface area contributed by atoms with Gasteiger partial charge in [0, 0.05) is 44.0 Å². The number of aromatic nitrogens is 3. The highest BCUT2D eigenvalue weighted by atomic mass is 28.3. The summed E-state index contributed by atoms with van der Waals surface area (Å²) in [6.07, 6.45) is 4.65. The minimum Gasteiger partial charge on any atom is -0.468 e. The first-order valence-corrected chi connectivity index (χ1v) is 20.4. The van der Waals surface area contributed by atoms with Gasteiger partial charge in [0.05, 0.1) is 23.0 Å². The van der Waals surface area contributed by atoms with E-state index in [9.17, 15) is 4.79 Å². The molecule has 2 aromatic heterocycles. The average Bonchev–Trinajstić information content (AvgIpc) is 3.95. The predicted octanol–water partition coefficient (Wildman–Crippen LogP) is 8.26. The number of fused-ring (bicyclic) bond motifs is 2. The number of aldehydes is 1. The molecule has 52 heavy (non-hydrogen) atoms. The van der Waals surface area contributed by atoms with Crippen molar-refractivity contribution in [2.45, 2.75) is 77.4 Å². The normalized spacial score (nSPS) is 16.0. The molecule has 3 heterocycles. The molecule has 276 valence electrons. The van der Waals surface area contributed by atoms with Crippen LogP contribution in [-0.2, 0) is 14.3 Å². The van der Waals surface area contributed by atoms with E-state index >= 15 is 8.78 Å². The number of benzene rings is 2. The summed E-state index contributed by atoms with van der Waals surface area (Å²) in [4.78, 5) is 27.7. The first-order valence-electron chi connectivity index (χ1n) is 18.1. The fourth-order valence-electron chi connectivity index (χ4n) is 7.67. The molecule has 0 atom stereocenters. The standard InChI is InChI=1S/C40H48F2N4O5Si/c1-25(2)52(26(3)4,27(5)6)18-11-30-33(41)10-9-28-19-29(51-24-48-7)20-31(34(28)30)36-35(42)37-32(21-43-36)38(46-14-8-16-49-17-15-46)45-39(44-37)50-23-40(22-47)12-13-40/h9-10,19-22,25-27H,8,12-17,23-24H2,1-7H3. The van der Waals surface area contributed by atoms with Crippen molar-refractivity contribution in [3.05, 3.63) is 47.7 Å². The quantitative estimate of drug-likeness (QED) is 0.0618. The van der Waals surface area contributed by atoms with Crippen LogP contribution in [0.25, 0.3) is 32.9 Å². The molecule has 0 N–H and O–H groups in total. The molecule has 12 heteroatoms. The second kappa shape index (κ2) is 15.4. The predicted molar refractivity (Wildman–Crippen MR) is 201 cm³/mol. The Hall–Kier alpha value is -4.18. The molecule has 2 aromatic carbocycles. The molecule has 0 spiro atoms. The molecule has 1 aliphatic heterocycles. The zero-order valence-corrected chi connectivity index (χ0v) is 32.1. The molecule has 0 amide bonds. The summed E-state index contributed by atoms with van der Waals surface area (Å²) in [6.45, 7) is 15.5. The maximum absolute atomic E-state index is 17.3. The Bertz CT molecular complexity index is 2000. The highest BCUT2D eigenvalue weighted by Crippen LogP contribution is 2.44. The molecule has 1 saturated carbocycles. The molecule has 6 rings (SSSR count). The lowest BCUT2D eigenvalue weighted by Crippen LogP contribution is -2.43. The van der Waals surface area contributed by atoms with E-state index in [4.69, 9.17) is 23.9 Å². The molecular weight excluding hydrogens is 683 g/mol. The van der Waals surface area contributed by atoms with Crippen molar-refractivity contribution in [2.75, 3.05) is 51.7 Å². The number of carbonyl (C=O) groups excluding carboxylic acids is 1. The van der Waals surface area contributed by atoms with Crippen molar-refractivity contribution in [1.29, 1.82) is 0 Å². The third kappa shape index (κ3) is 7.23. The summed E-state index contributed by atoms with van der Waals surface area (Å²) in [5.41, 5.74) is 4.51. The summed E-state index contributed by atoms with van der Waals surface area (Å²) in [5, 5.41) is 1.44. The lowest BCUT2D eigenvalue weighted by molar-refractivity contribution is -0.113. The fraction of sp³-hybridized carbons (Fsp3) is 0.500. The topological polar surface area (TPSA) is 95.9 Å². The van der Waals surface area contributed by atoms with Crippen molar-refractivity contribution in [3.63, 3.8) is 0 Å². The van der Waals surface area contributed by atoms with Gasteiger partial charge in [-0.3, -0.25) is 4.98 Å². The van der Waals surface area contributed by atoms with Crippen LogP contribution < -0.4 is 14.4 Å². The first-order chi connectivity index (χ1) is 24.9. The summed E-state index contributed by atoms with van der Waals surface area (Å²) in [5.74, 6) is 2.95. The first kappa shape index (κ1) is 37.6. The summed E-state index contributed by atoms with van der Waals surface area (Å²) in [6, 6.07) is 6.42. The van der Waals surface area contributed by atoms with Crippen molar-refractivity contribution < 1.29 is 32.5 Å². The maximum atomic E-state index is 17.3. The van der Waals surface area contributed by atoms with Gasteiger partial charge in [0.1, 0.15) is 49.6 Å². The van der Waals surface area contributed by atoms with Gasteiger partial charge in [0.2, 0.25) is 0 Å². The van der Waals surface area contributed by atoms with Crippen LogP contribution in [0, 0.1) is 28.5 Å². The fourth-order valence-corrected chi connectivity index (χ4v) is 12.9. The SMILES string of the molecule is COCOc1cc(-c2ncc3c(N4CCCOCC4)nc(OCC4(C=O)CC4)nc3c2F)c2c(C#C[Si](C(C)C)(C(C)C)C(C)C)c(F)ccc2c1. The van der Waals surface area contributed by atoms with Crippen LogP contribution in [0.15, 0.2) is 30.5 Å². The molecule has 4 aromatic rings. The van der Waals surface area contributed by atoms with Crippen LogP contribution in [0.4, 0.5) is 14.6 Å². The van der Waals surface area contributed by atoms with Crippen molar-refractivity contribution in [3.8, 4) is 34.5 Å². The summed E-state index contributed by atoms with van der Waals surface area (Å²) in [7, 11) is -0.759. The number of halogens is 2. The minimum absolute atomic E-state index is 0.00244. The zero-order valence-electron chi connectivity index (χ0n) is 31.1. The van der Waals surface area contributed by atoms with Gasteiger partial charge in [0.25, 0.3) is 0 Å². The number of hydrogen-bond acceptors (Lipinski definition) is 9. The molecule has 2 fully saturated rings. The largest absolute Gasteiger partial charge is 0.468 e. The van der Waals surface area contributed by atoms with Gasteiger partial charge in [-0.15, -0.1) is 5.54 Å². The van der Waals surface area contributed by atoms with Gasteiger partial charge < -0.3 is 28.6 Å². The van der Waals surface area contributed by atoms with Gasteiger partial charge in [-0.05, 0) is 59.5 Å². The van der Waals surface area contributed by atoms with Crippen LogP contribution in [0.5, 0.6) is 11.8 Å². The lowest BCUT2D eigenvalue weighted by Gasteiger charge is -2.38. The molecule has 0 unspecified atom stereocenters. The Kier molecular flexibility index (Phi) is 11.1. The lowest BCUT2D eigenvalue weighted by atomic mass is 9.95. The minimum atomic E-state index is -2.27. The molecule has 9 nitrogen and oxygen atoms in total. The third-order valence-corrected chi connectivity index (χ3v) is 17.0. The van der Waals surface area contributed by atoms with Gasteiger partial charge in [-0.25, -0.2) is 8.78 Å². The maximum Gasteiger partial charge on any atom is 0.319 e. The highest BCUT2D eigenvalue weighted by molar-refractivity contribution is 6.90. The molecular formula is C40H48F2N4O5Si. The van der Waals surface area contributed by atoms with Crippen molar-refractivity contribution in [2.24, 2.45) is 5.41 Å². The number of nitrogens with zero attached hydrogens (tertiary/aromatic N) is 4. The Balaban J connectivity index is 1.60. The van der Waals surface area contributed by atoms with E-state index in [1.807, 2.05) is 4.90 Å². The number of anilines is 1. The van der Waals surface area contributed by atoms with Crippen LogP contribution in [0.2, 0.25) is 16.6 Å². The van der Waals surface area contributed by atoms with E-state index < -0.39 is 25.1 Å². The van der Waals surface area contributed by atoms with Gasteiger partial charge >= 0.3 is 6.01 Å². The second-order valence-electron chi connectivity index (χ2n) is 14.9. The van der Waals surface area contributed by atoms with Crippen molar-refractivity contribution >= 4 is 41.9 Å². The Morgan fingerprint density at radius 3 is 2.44 bits per heavy atom. The van der Waals surface area contributed by atoms with E-state index in [-0.39, 0.29) is 36.2 Å². The molecule has 1 aliphatic carbocycles. The van der Waals surface area contributed by atoms with Gasteiger partial charge in [-0.2, -0.15) is 9.97 Å². The van der Waals surface area contributed by atoms with E-state index in [1.54, 1.807) is 24.4 Å². The number of pyridine rings is 1. The molecule has 0 radical (unpaired) electrons. The van der Waals surface area contributed by atoms with Crippen molar-refractivity contribution in [1.82, 2.24) is 15.0 Å². The smallest absolute Gasteiger partial charge is 0.319 e. The summed E-state index contributed by atoms with van der Waals surface area (Å²) >= 11 is 0. The van der Waals surface area contributed by atoms with E-state index in [0.717, 1.165) is 12.7 Å². The number of hydrogen-bond donors (Lipinski definition) is 0. The number of rotatable bonds is 12. The number of carbonyl (C=O) groups is 1. The Morgan fingerprint density at radius 1 is 1.02 bits per heavy atom. The Labute approximate surface area is 305 Å². The van der Waals surface area contributed by atoms with Gasteiger partial charge in [0.15, 0.2) is 12.6 Å². The van der Waals surface area contributed by atoms with Crippen LogP contribution >= 0.6 is 0 Å². The highest BCUT2D eigenvalue weighted by Gasteiger charge is 2.44. The zero-order chi connectivity index (χ0) is 37.2. The molecule has 0 bridgehead atoms. The second-order valence-corrected chi connectivity index (χ2v) is 20.5. The van der Waals surface area contributed by atoms with E-state index in [2.05, 4.69) is 63.0 Å². The Morgan fingerprint density at radius 2 is 1.77 bits per heavy atom. The van der Waals surface area contributed by atoms with Crippen LogP contribution in [0.3, 0.4) is 0 Å².